The Morgan fingerprint density at radius 3 is 2.52 bits per heavy atom. The fraction of sp³-hybridized carbons (Fsp3) is 0.300. The van der Waals surface area contributed by atoms with E-state index in [-0.39, 0.29) is 0 Å². The van der Waals surface area contributed by atoms with Crippen molar-refractivity contribution in [1.82, 2.24) is 4.90 Å². The van der Waals surface area contributed by atoms with Gasteiger partial charge in [-0.25, -0.2) is 4.79 Å². The third kappa shape index (κ3) is 3.98. The summed E-state index contributed by atoms with van der Waals surface area (Å²) in [5, 5.41) is 18.7. The lowest BCUT2D eigenvalue weighted by Gasteiger charge is -2.38. The molecule has 0 saturated carbocycles. The Bertz CT molecular complexity index is 775. The molecule has 128 valence electrons. The van der Waals surface area contributed by atoms with Crippen LogP contribution in [-0.4, -0.2) is 34.7 Å². The van der Waals surface area contributed by atoms with Crippen molar-refractivity contribution in [3.63, 3.8) is 0 Å². The van der Waals surface area contributed by atoms with E-state index >= 15 is 0 Å². The van der Waals surface area contributed by atoms with Crippen molar-refractivity contribution >= 4 is 5.97 Å². The number of nitrogens with zero attached hydrogens (tertiary/aromatic N) is 2. The summed E-state index contributed by atoms with van der Waals surface area (Å²) in [4.78, 5) is 14.1. The highest BCUT2D eigenvalue weighted by Crippen LogP contribution is 2.30. The summed E-state index contributed by atoms with van der Waals surface area (Å²) in [6.07, 6.45) is 0.852. The number of nitriles is 1. The third-order valence-corrected chi connectivity index (χ3v) is 4.57. The Kier molecular flexibility index (Phi) is 5.01. The summed E-state index contributed by atoms with van der Waals surface area (Å²) in [5.41, 5.74) is 0.527. The molecule has 2 aromatic rings. The van der Waals surface area contributed by atoms with Gasteiger partial charge in [0, 0.05) is 32.5 Å². The van der Waals surface area contributed by atoms with Gasteiger partial charge in [0.05, 0.1) is 11.6 Å². The molecule has 1 aliphatic rings. The van der Waals surface area contributed by atoms with Crippen molar-refractivity contribution < 1.29 is 14.6 Å². The van der Waals surface area contributed by atoms with E-state index in [9.17, 15) is 9.90 Å². The van der Waals surface area contributed by atoms with E-state index in [1.807, 2.05) is 36.4 Å². The minimum atomic E-state index is -1.17. The van der Waals surface area contributed by atoms with Crippen LogP contribution in [0.1, 0.15) is 24.0 Å². The summed E-state index contributed by atoms with van der Waals surface area (Å²) in [6.45, 7) is 1.97. The van der Waals surface area contributed by atoms with E-state index in [0.717, 1.165) is 5.56 Å². The number of benzene rings is 2. The monoisotopic (exact) mass is 336 g/mol. The first-order chi connectivity index (χ1) is 12.1. The maximum atomic E-state index is 11.8. The fourth-order valence-corrected chi connectivity index (χ4v) is 3.14. The van der Waals surface area contributed by atoms with E-state index < -0.39 is 11.6 Å². The smallest absolute Gasteiger partial charge is 0.348 e. The van der Waals surface area contributed by atoms with Gasteiger partial charge in [-0.3, -0.25) is 4.90 Å². The molecule has 1 N–H and O–H groups in total. The van der Waals surface area contributed by atoms with Gasteiger partial charge in [0.25, 0.3) is 0 Å². The number of para-hydroxylation sites is 1. The molecule has 1 saturated heterocycles. The highest BCUT2D eigenvalue weighted by Gasteiger charge is 2.44. The van der Waals surface area contributed by atoms with Crippen LogP contribution in [0, 0.1) is 11.3 Å². The van der Waals surface area contributed by atoms with Gasteiger partial charge < -0.3 is 9.84 Å². The van der Waals surface area contributed by atoms with Crippen LogP contribution in [0.5, 0.6) is 5.75 Å². The molecule has 0 spiro atoms. The Morgan fingerprint density at radius 1 is 1.16 bits per heavy atom. The van der Waals surface area contributed by atoms with Gasteiger partial charge in [0.15, 0.2) is 0 Å². The summed E-state index contributed by atoms with van der Waals surface area (Å²) >= 11 is 0. The number of rotatable bonds is 5. The predicted molar refractivity (Wildman–Crippen MR) is 93.1 cm³/mol. The maximum Gasteiger partial charge on any atom is 0.348 e. The number of hydrogen-bond acceptors (Lipinski definition) is 4. The van der Waals surface area contributed by atoms with Crippen molar-refractivity contribution in [2.75, 3.05) is 13.1 Å². The van der Waals surface area contributed by atoms with Crippen molar-refractivity contribution in [1.29, 1.82) is 5.26 Å². The van der Waals surface area contributed by atoms with Gasteiger partial charge in [0.2, 0.25) is 5.60 Å². The number of likely N-dealkylation sites (tertiary alicyclic amines) is 1. The van der Waals surface area contributed by atoms with Gasteiger partial charge in [0.1, 0.15) is 5.75 Å². The maximum absolute atomic E-state index is 11.8. The summed E-state index contributed by atoms with van der Waals surface area (Å²) < 4.78 is 5.87. The zero-order chi connectivity index (χ0) is 17.7. The molecule has 5 heteroatoms. The van der Waals surface area contributed by atoms with E-state index in [2.05, 4.69) is 11.0 Å². The molecule has 25 heavy (non-hydrogen) atoms. The fourth-order valence-electron chi connectivity index (χ4n) is 3.14. The van der Waals surface area contributed by atoms with Gasteiger partial charge in [-0.1, -0.05) is 30.3 Å². The van der Waals surface area contributed by atoms with Crippen molar-refractivity contribution in [2.45, 2.75) is 25.0 Å². The molecule has 0 amide bonds. The molecule has 1 aliphatic heterocycles. The second-order valence-corrected chi connectivity index (χ2v) is 6.30. The minimum absolute atomic E-state index is 0.426. The normalized spacial score (nSPS) is 16.8. The molecule has 0 unspecified atom stereocenters. The first-order valence-corrected chi connectivity index (χ1v) is 8.30. The largest absolute Gasteiger partial charge is 0.478 e. The van der Waals surface area contributed by atoms with E-state index in [0.29, 0.717) is 43.8 Å². The van der Waals surface area contributed by atoms with Gasteiger partial charge in [-0.15, -0.1) is 0 Å². The van der Waals surface area contributed by atoms with Crippen LogP contribution in [0.3, 0.4) is 0 Å². The highest BCUT2D eigenvalue weighted by molar-refractivity contribution is 5.78. The van der Waals surface area contributed by atoms with Crippen LogP contribution in [-0.2, 0) is 11.3 Å². The molecule has 1 fully saturated rings. The number of piperidine rings is 1. The Morgan fingerprint density at radius 2 is 1.88 bits per heavy atom. The molecule has 0 aromatic heterocycles. The average Bonchev–Trinajstić information content (AvgIpc) is 2.64. The average molecular weight is 336 g/mol. The Balaban J connectivity index is 1.66. The number of ether oxygens (including phenoxy) is 1. The van der Waals surface area contributed by atoms with E-state index in [4.69, 9.17) is 10.00 Å². The molecule has 5 nitrogen and oxygen atoms in total. The second-order valence-electron chi connectivity index (χ2n) is 6.30. The lowest BCUT2D eigenvalue weighted by molar-refractivity contribution is -0.159. The Labute approximate surface area is 147 Å². The Hall–Kier alpha value is -2.84. The minimum Gasteiger partial charge on any atom is -0.478 e. The van der Waals surface area contributed by atoms with Crippen LogP contribution >= 0.6 is 0 Å². The SMILES string of the molecule is N#Cc1cccc(CN2CCC(Oc3ccccc3)(C(=O)O)CC2)c1. The van der Waals surface area contributed by atoms with Crippen molar-refractivity contribution in [3.8, 4) is 11.8 Å². The molecular weight excluding hydrogens is 316 g/mol. The third-order valence-electron chi connectivity index (χ3n) is 4.57. The number of carboxylic acids is 1. The number of carboxylic acid groups (broad SMARTS) is 1. The molecule has 1 heterocycles. The van der Waals surface area contributed by atoms with Crippen LogP contribution in [0.25, 0.3) is 0 Å². The van der Waals surface area contributed by atoms with Crippen LogP contribution in [0.4, 0.5) is 0 Å². The van der Waals surface area contributed by atoms with Crippen LogP contribution < -0.4 is 4.74 Å². The molecule has 0 aliphatic carbocycles. The quantitative estimate of drug-likeness (QED) is 0.908. The van der Waals surface area contributed by atoms with Gasteiger partial charge in [-0.2, -0.15) is 5.26 Å². The number of hydrogen-bond donors (Lipinski definition) is 1. The van der Waals surface area contributed by atoms with Crippen LogP contribution in [0.2, 0.25) is 0 Å². The zero-order valence-corrected chi connectivity index (χ0v) is 13.9. The molecule has 0 radical (unpaired) electrons. The first-order valence-electron chi connectivity index (χ1n) is 8.30. The second kappa shape index (κ2) is 7.37. The van der Waals surface area contributed by atoms with E-state index in [1.54, 1.807) is 18.2 Å². The zero-order valence-electron chi connectivity index (χ0n) is 13.9. The number of carbonyl (C=O) groups is 1. The molecule has 2 aromatic carbocycles. The van der Waals surface area contributed by atoms with Crippen molar-refractivity contribution in [3.05, 3.63) is 65.7 Å². The topological polar surface area (TPSA) is 73.6 Å². The lowest BCUT2D eigenvalue weighted by atomic mass is 9.90. The van der Waals surface area contributed by atoms with Crippen molar-refractivity contribution in [2.24, 2.45) is 0 Å². The standard InChI is InChI=1S/C20H20N2O3/c21-14-16-5-4-6-17(13-16)15-22-11-9-20(10-12-22,19(23)24)25-18-7-2-1-3-8-18/h1-8,13H,9-12,15H2,(H,23,24). The van der Waals surface area contributed by atoms with E-state index in [1.165, 1.54) is 0 Å². The summed E-state index contributed by atoms with van der Waals surface area (Å²) in [6, 6.07) is 18.8. The predicted octanol–water partition coefficient (Wildman–Crippen LogP) is 3.06. The molecule has 0 atom stereocenters. The molecule has 0 bridgehead atoms. The highest BCUT2D eigenvalue weighted by atomic mass is 16.5. The summed E-state index contributed by atoms with van der Waals surface area (Å²) in [7, 11) is 0. The first kappa shape index (κ1) is 17.0. The van der Waals surface area contributed by atoms with Crippen LogP contribution in [0.15, 0.2) is 54.6 Å². The van der Waals surface area contributed by atoms with Gasteiger partial charge in [-0.05, 0) is 29.8 Å². The van der Waals surface area contributed by atoms with Gasteiger partial charge >= 0.3 is 5.97 Å². The molecular formula is C20H20N2O3. The lowest BCUT2D eigenvalue weighted by Crippen LogP contribution is -2.53. The molecule has 3 rings (SSSR count). The number of aliphatic carboxylic acids is 1. The summed E-state index contributed by atoms with van der Waals surface area (Å²) in [5.74, 6) is -0.331.